The molecule has 0 saturated carbocycles. The van der Waals surface area contributed by atoms with Crippen molar-refractivity contribution in [2.45, 2.75) is 27.2 Å². The van der Waals surface area contributed by atoms with Gasteiger partial charge >= 0.3 is 5.97 Å². The van der Waals surface area contributed by atoms with E-state index < -0.39 is 5.97 Å². The first-order valence-corrected chi connectivity index (χ1v) is 4.85. The lowest BCUT2D eigenvalue weighted by molar-refractivity contribution is 0.0691. The molecular weight excluding hydrogens is 192 g/mol. The highest BCUT2D eigenvalue weighted by Gasteiger charge is 2.17. The molecule has 1 rings (SSSR count). The summed E-state index contributed by atoms with van der Waals surface area (Å²) < 4.78 is 0. The molecule has 0 aliphatic carbocycles. The number of rotatable bonds is 3. The van der Waals surface area contributed by atoms with Gasteiger partial charge < -0.3 is 5.11 Å². The van der Waals surface area contributed by atoms with E-state index in [1.54, 1.807) is 26.0 Å². The molecule has 0 unspecified atom stereocenters. The van der Waals surface area contributed by atoms with Crippen LogP contribution in [-0.4, -0.2) is 16.9 Å². The standard InChI is InChI=1S/C12H14O3/c1-4-10(13)9-6-7(2)5-8(3)11(9)12(14)15/h5-6H,4H2,1-3H3,(H,14,15). The van der Waals surface area contributed by atoms with E-state index in [2.05, 4.69) is 0 Å². The molecule has 0 saturated heterocycles. The van der Waals surface area contributed by atoms with E-state index in [9.17, 15) is 9.59 Å². The molecule has 0 heterocycles. The number of carboxylic acids is 1. The molecule has 0 radical (unpaired) electrons. The van der Waals surface area contributed by atoms with Crippen LogP contribution in [0, 0.1) is 13.8 Å². The van der Waals surface area contributed by atoms with Crippen molar-refractivity contribution >= 4 is 11.8 Å². The van der Waals surface area contributed by atoms with Gasteiger partial charge in [-0.1, -0.05) is 18.6 Å². The second kappa shape index (κ2) is 4.26. The summed E-state index contributed by atoms with van der Waals surface area (Å²) in [6.45, 7) is 5.29. The highest BCUT2D eigenvalue weighted by atomic mass is 16.4. The van der Waals surface area contributed by atoms with E-state index in [-0.39, 0.29) is 11.3 Å². The number of benzene rings is 1. The molecule has 1 N–H and O–H groups in total. The zero-order valence-electron chi connectivity index (χ0n) is 9.13. The van der Waals surface area contributed by atoms with E-state index in [0.29, 0.717) is 17.5 Å². The first kappa shape index (κ1) is 11.4. The van der Waals surface area contributed by atoms with Crippen molar-refractivity contribution in [2.75, 3.05) is 0 Å². The molecule has 15 heavy (non-hydrogen) atoms. The fourth-order valence-electron chi connectivity index (χ4n) is 1.66. The van der Waals surface area contributed by atoms with Gasteiger partial charge in [-0.05, 0) is 25.5 Å². The second-order valence-electron chi connectivity index (χ2n) is 3.59. The van der Waals surface area contributed by atoms with Gasteiger partial charge in [-0.15, -0.1) is 0 Å². The van der Waals surface area contributed by atoms with Crippen LogP contribution in [0.2, 0.25) is 0 Å². The summed E-state index contributed by atoms with van der Waals surface area (Å²) in [7, 11) is 0. The number of carbonyl (C=O) groups is 2. The van der Waals surface area contributed by atoms with Gasteiger partial charge in [-0.25, -0.2) is 4.79 Å². The van der Waals surface area contributed by atoms with Crippen LogP contribution in [0.1, 0.15) is 45.2 Å². The van der Waals surface area contributed by atoms with Gasteiger partial charge in [0.25, 0.3) is 0 Å². The zero-order chi connectivity index (χ0) is 11.6. The lowest BCUT2D eigenvalue weighted by Gasteiger charge is -2.08. The summed E-state index contributed by atoms with van der Waals surface area (Å²) in [5.41, 5.74) is 2.00. The number of hydrogen-bond donors (Lipinski definition) is 1. The first-order valence-electron chi connectivity index (χ1n) is 4.85. The first-order chi connectivity index (χ1) is 6.97. The third-order valence-electron chi connectivity index (χ3n) is 2.32. The maximum atomic E-state index is 11.6. The second-order valence-corrected chi connectivity index (χ2v) is 3.59. The van der Waals surface area contributed by atoms with Crippen molar-refractivity contribution in [3.05, 3.63) is 34.4 Å². The number of Topliss-reactive ketones (excluding diaryl/α,β-unsaturated/α-hetero) is 1. The highest BCUT2D eigenvalue weighted by molar-refractivity contribution is 6.06. The topological polar surface area (TPSA) is 54.4 Å². The smallest absolute Gasteiger partial charge is 0.336 e. The third kappa shape index (κ3) is 2.24. The van der Waals surface area contributed by atoms with Crippen LogP contribution in [0.15, 0.2) is 12.1 Å². The summed E-state index contributed by atoms with van der Waals surface area (Å²) in [5.74, 6) is -1.16. The number of hydrogen-bond acceptors (Lipinski definition) is 2. The van der Waals surface area contributed by atoms with Gasteiger partial charge in [-0.3, -0.25) is 4.79 Å². The maximum Gasteiger partial charge on any atom is 0.336 e. The number of carbonyl (C=O) groups excluding carboxylic acids is 1. The van der Waals surface area contributed by atoms with E-state index in [1.807, 2.05) is 6.92 Å². The molecule has 0 aromatic heterocycles. The van der Waals surface area contributed by atoms with Crippen molar-refractivity contribution in [3.63, 3.8) is 0 Å². The van der Waals surface area contributed by atoms with Crippen LogP contribution in [0.25, 0.3) is 0 Å². The van der Waals surface area contributed by atoms with Gasteiger partial charge in [-0.2, -0.15) is 0 Å². The Bertz CT molecular complexity index is 419. The van der Waals surface area contributed by atoms with Crippen molar-refractivity contribution in [2.24, 2.45) is 0 Å². The molecule has 0 spiro atoms. The Morgan fingerprint density at radius 2 is 1.87 bits per heavy atom. The summed E-state index contributed by atoms with van der Waals surface area (Å²) in [5, 5.41) is 9.03. The van der Waals surface area contributed by atoms with Gasteiger partial charge in [0.05, 0.1) is 5.56 Å². The fourth-order valence-corrected chi connectivity index (χ4v) is 1.66. The maximum absolute atomic E-state index is 11.6. The van der Waals surface area contributed by atoms with E-state index in [1.165, 1.54) is 0 Å². The summed E-state index contributed by atoms with van der Waals surface area (Å²) in [4.78, 5) is 22.6. The van der Waals surface area contributed by atoms with E-state index in [0.717, 1.165) is 5.56 Å². The average molecular weight is 206 g/mol. The molecule has 3 heteroatoms. The summed E-state index contributed by atoms with van der Waals surface area (Å²) in [6, 6.07) is 3.41. The fraction of sp³-hybridized carbons (Fsp3) is 0.333. The molecule has 1 aromatic rings. The Morgan fingerprint density at radius 3 is 2.33 bits per heavy atom. The van der Waals surface area contributed by atoms with Gasteiger partial charge in [0.2, 0.25) is 0 Å². The lowest BCUT2D eigenvalue weighted by atomic mass is 9.95. The minimum absolute atomic E-state index is 0.126. The van der Waals surface area contributed by atoms with E-state index >= 15 is 0 Å². The Morgan fingerprint density at radius 1 is 1.27 bits per heavy atom. The van der Waals surface area contributed by atoms with Crippen LogP contribution < -0.4 is 0 Å². The molecule has 1 aromatic carbocycles. The quantitative estimate of drug-likeness (QED) is 0.773. The molecule has 0 amide bonds. The predicted molar refractivity (Wildman–Crippen MR) is 57.5 cm³/mol. The molecular formula is C12H14O3. The monoisotopic (exact) mass is 206 g/mol. The number of aryl methyl sites for hydroxylation is 2. The summed E-state index contributed by atoms with van der Waals surface area (Å²) in [6.07, 6.45) is 0.323. The SMILES string of the molecule is CCC(=O)c1cc(C)cc(C)c1C(=O)O. The van der Waals surface area contributed by atoms with Gasteiger partial charge in [0, 0.05) is 12.0 Å². The van der Waals surface area contributed by atoms with E-state index in [4.69, 9.17) is 5.11 Å². The van der Waals surface area contributed by atoms with Crippen molar-refractivity contribution < 1.29 is 14.7 Å². The van der Waals surface area contributed by atoms with Crippen molar-refractivity contribution in [1.82, 2.24) is 0 Å². The molecule has 3 nitrogen and oxygen atoms in total. The average Bonchev–Trinajstić information content (AvgIpc) is 2.14. The lowest BCUT2D eigenvalue weighted by Crippen LogP contribution is -2.10. The molecule has 0 fully saturated rings. The minimum atomic E-state index is -1.04. The molecule has 0 bridgehead atoms. The molecule has 0 atom stereocenters. The third-order valence-corrected chi connectivity index (χ3v) is 2.32. The Kier molecular flexibility index (Phi) is 3.24. The minimum Gasteiger partial charge on any atom is -0.478 e. The summed E-state index contributed by atoms with van der Waals surface area (Å²) >= 11 is 0. The van der Waals surface area contributed by atoms with Gasteiger partial charge in [0.15, 0.2) is 5.78 Å². The number of ketones is 1. The van der Waals surface area contributed by atoms with Crippen LogP contribution in [0.5, 0.6) is 0 Å². The molecule has 0 aliphatic heterocycles. The van der Waals surface area contributed by atoms with Crippen LogP contribution >= 0.6 is 0 Å². The normalized spacial score (nSPS) is 10.1. The predicted octanol–water partition coefficient (Wildman–Crippen LogP) is 2.59. The van der Waals surface area contributed by atoms with Crippen LogP contribution in [-0.2, 0) is 0 Å². The Balaban J connectivity index is 3.46. The largest absolute Gasteiger partial charge is 0.478 e. The van der Waals surface area contributed by atoms with Crippen molar-refractivity contribution in [1.29, 1.82) is 0 Å². The molecule has 80 valence electrons. The van der Waals surface area contributed by atoms with Gasteiger partial charge in [0.1, 0.15) is 0 Å². The van der Waals surface area contributed by atoms with Crippen LogP contribution in [0.4, 0.5) is 0 Å². The number of aromatic carboxylic acids is 1. The molecule has 0 aliphatic rings. The van der Waals surface area contributed by atoms with Crippen molar-refractivity contribution in [3.8, 4) is 0 Å². The highest BCUT2D eigenvalue weighted by Crippen LogP contribution is 2.18. The van der Waals surface area contributed by atoms with Crippen LogP contribution in [0.3, 0.4) is 0 Å². The zero-order valence-corrected chi connectivity index (χ0v) is 9.13. The Hall–Kier alpha value is -1.64. The Labute approximate surface area is 88.7 Å². The number of carboxylic acid groups (broad SMARTS) is 1.